The van der Waals surface area contributed by atoms with Crippen molar-refractivity contribution in [1.29, 1.82) is 0 Å². The van der Waals surface area contributed by atoms with Gasteiger partial charge in [-0.3, -0.25) is 0 Å². The van der Waals surface area contributed by atoms with Crippen LogP contribution in [0.4, 0.5) is 4.39 Å². The first-order valence-electron chi connectivity index (χ1n) is 6.23. The second kappa shape index (κ2) is 5.34. The summed E-state index contributed by atoms with van der Waals surface area (Å²) in [5, 5.41) is 10.8. The van der Waals surface area contributed by atoms with E-state index in [9.17, 15) is 9.50 Å². The maximum atomic E-state index is 12.9. The van der Waals surface area contributed by atoms with Gasteiger partial charge in [0.15, 0.2) is 0 Å². The van der Waals surface area contributed by atoms with Crippen molar-refractivity contribution in [2.24, 2.45) is 0 Å². The predicted molar refractivity (Wildman–Crippen MR) is 67.8 cm³/mol. The minimum Gasteiger partial charge on any atom is -0.385 e. The van der Waals surface area contributed by atoms with Gasteiger partial charge in [0.05, 0.1) is 11.7 Å². The molecular formula is C14H20FNO2. The topological polar surface area (TPSA) is 32.7 Å². The molecule has 1 saturated heterocycles. The van der Waals surface area contributed by atoms with Crippen LogP contribution in [-0.2, 0) is 10.3 Å². The normalized spacial score (nSPS) is 30.1. The summed E-state index contributed by atoms with van der Waals surface area (Å²) in [5.74, 6) is -0.281. The quantitative estimate of drug-likeness (QED) is 0.871. The van der Waals surface area contributed by atoms with E-state index in [1.54, 1.807) is 19.2 Å². The third-order valence-electron chi connectivity index (χ3n) is 3.70. The van der Waals surface area contributed by atoms with E-state index < -0.39 is 5.60 Å². The van der Waals surface area contributed by atoms with E-state index in [0.717, 1.165) is 18.7 Å². The van der Waals surface area contributed by atoms with Gasteiger partial charge in [-0.05, 0) is 31.2 Å². The summed E-state index contributed by atoms with van der Waals surface area (Å²) >= 11 is 0. The van der Waals surface area contributed by atoms with Crippen molar-refractivity contribution in [3.8, 4) is 0 Å². The Morgan fingerprint density at radius 2 is 2.06 bits per heavy atom. The number of hydrogen-bond donors (Lipinski definition) is 1. The lowest BCUT2D eigenvalue weighted by molar-refractivity contribution is -0.0224. The van der Waals surface area contributed by atoms with Crippen LogP contribution in [0.5, 0.6) is 0 Å². The molecule has 4 heteroatoms. The van der Waals surface area contributed by atoms with Crippen LogP contribution in [0.15, 0.2) is 24.3 Å². The number of likely N-dealkylation sites (tertiary alicyclic amines) is 1. The van der Waals surface area contributed by atoms with Crippen molar-refractivity contribution in [3.05, 3.63) is 35.6 Å². The molecule has 0 bridgehead atoms. The maximum absolute atomic E-state index is 12.9. The van der Waals surface area contributed by atoms with E-state index in [2.05, 4.69) is 4.90 Å². The van der Waals surface area contributed by atoms with Crippen molar-refractivity contribution in [2.45, 2.75) is 24.5 Å². The van der Waals surface area contributed by atoms with Gasteiger partial charge < -0.3 is 14.7 Å². The van der Waals surface area contributed by atoms with Gasteiger partial charge in [0.25, 0.3) is 0 Å². The number of halogens is 1. The van der Waals surface area contributed by atoms with Crippen LogP contribution in [0.25, 0.3) is 0 Å². The van der Waals surface area contributed by atoms with Crippen molar-refractivity contribution >= 4 is 0 Å². The molecule has 0 amide bonds. The van der Waals surface area contributed by atoms with Crippen LogP contribution in [0.3, 0.4) is 0 Å². The molecule has 1 aromatic carbocycles. The number of ether oxygens (including phenoxy) is 1. The van der Waals surface area contributed by atoms with Gasteiger partial charge in [-0.25, -0.2) is 4.39 Å². The van der Waals surface area contributed by atoms with Crippen LogP contribution in [0, 0.1) is 5.82 Å². The molecule has 0 aromatic heterocycles. The highest BCUT2D eigenvalue weighted by atomic mass is 19.1. The predicted octanol–water partition coefficient (Wildman–Crippen LogP) is 1.75. The maximum Gasteiger partial charge on any atom is 0.123 e. The largest absolute Gasteiger partial charge is 0.385 e. The van der Waals surface area contributed by atoms with E-state index >= 15 is 0 Å². The first-order valence-corrected chi connectivity index (χ1v) is 6.23. The Kier molecular flexibility index (Phi) is 4.00. The first kappa shape index (κ1) is 13.5. The van der Waals surface area contributed by atoms with E-state index in [1.165, 1.54) is 12.1 Å². The Labute approximate surface area is 107 Å². The standard InChI is InChI=1S/C14H20FNO2/c1-16-8-7-14(17,9-13(10-16)18-2)11-3-5-12(15)6-4-11/h3-6,13,17H,7-10H2,1-2H3. The first-order chi connectivity index (χ1) is 8.53. The van der Waals surface area contributed by atoms with E-state index in [4.69, 9.17) is 4.74 Å². The second-order valence-corrected chi connectivity index (χ2v) is 5.11. The molecule has 18 heavy (non-hydrogen) atoms. The highest BCUT2D eigenvalue weighted by Gasteiger charge is 2.35. The summed E-state index contributed by atoms with van der Waals surface area (Å²) in [6, 6.07) is 6.11. The number of nitrogens with zero attached hydrogens (tertiary/aromatic N) is 1. The Balaban J connectivity index is 2.25. The third-order valence-corrected chi connectivity index (χ3v) is 3.70. The van der Waals surface area contributed by atoms with E-state index in [1.807, 2.05) is 7.05 Å². The average Bonchev–Trinajstić information content (AvgIpc) is 2.50. The zero-order chi connectivity index (χ0) is 13.2. The van der Waals surface area contributed by atoms with Gasteiger partial charge >= 0.3 is 0 Å². The highest BCUT2D eigenvalue weighted by molar-refractivity contribution is 5.23. The number of likely N-dealkylation sites (N-methyl/N-ethyl adjacent to an activating group) is 1. The van der Waals surface area contributed by atoms with Crippen LogP contribution in [0.2, 0.25) is 0 Å². The molecule has 2 rings (SSSR count). The van der Waals surface area contributed by atoms with Crippen molar-refractivity contribution in [3.63, 3.8) is 0 Å². The molecule has 0 spiro atoms. The van der Waals surface area contributed by atoms with Gasteiger partial charge in [0.2, 0.25) is 0 Å². The van der Waals surface area contributed by atoms with Gasteiger partial charge in [0.1, 0.15) is 5.82 Å². The lowest BCUT2D eigenvalue weighted by atomic mass is 9.86. The Hall–Kier alpha value is -0.970. The zero-order valence-electron chi connectivity index (χ0n) is 10.9. The van der Waals surface area contributed by atoms with Crippen molar-refractivity contribution < 1.29 is 14.2 Å². The number of methoxy groups -OCH3 is 1. The molecule has 2 unspecified atom stereocenters. The molecule has 0 aliphatic carbocycles. The van der Waals surface area contributed by atoms with Gasteiger partial charge in [-0.15, -0.1) is 0 Å². The molecule has 0 saturated carbocycles. The molecule has 1 aromatic rings. The average molecular weight is 253 g/mol. The van der Waals surface area contributed by atoms with Gasteiger partial charge in [-0.1, -0.05) is 12.1 Å². The summed E-state index contributed by atoms with van der Waals surface area (Å²) in [4.78, 5) is 2.15. The fourth-order valence-electron chi connectivity index (χ4n) is 2.54. The molecule has 1 fully saturated rings. The smallest absolute Gasteiger partial charge is 0.123 e. The Morgan fingerprint density at radius 1 is 1.39 bits per heavy atom. The summed E-state index contributed by atoms with van der Waals surface area (Å²) < 4.78 is 18.4. The molecule has 2 atom stereocenters. The fourth-order valence-corrected chi connectivity index (χ4v) is 2.54. The minimum absolute atomic E-state index is 0.00690. The summed E-state index contributed by atoms with van der Waals surface area (Å²) in [7, 11) is 3.68. The van der Waals surface area contributed by atoms with Crippen LogP contribution in [0.1, 0.15) is 18.4 Å². The van der Waals surface area contributed by atoms with Crippen LogP contribution in [-0.4, -0.2) is 43.4 Å². The van der Waals surface area contributed by atoms with Crippen molar-refractivity contribution in [1.82, 2.24) is 4.90 Å². The number of rotatable bonds is 2. The van der Waals surface area contributed by atoms with Gasteiger partial charge in [0, 0.05) is 26.6 Å². The second-order valence-electron chi connectivity index (χ2n) is 5.11. The molecule has 1 aliphatic heterocycles. The Morgan fingerprint density at radius 3 is 2.67 bits per heavy atom. The molecule has 100 valence electrons. The van der Waals surface area contributed by atoms with Crippen molar-refractivity contribution in [2.75, 3.05) is 27.2 Å². The van der Waals surface area contributed by atoms with E-state index in [0.29, 0.717) is 12.8 Å². The van der Waals surface area contributed by atoms with Crippen LogP contribution >= 0.6 is 0 Å². The molecule has 1 aliphatic rings. The lowest BCUT2D eigenvalue weighted by Crippen LogP contribution is -2.31. The summed E-state index contributed by atoms with van der Waals surface area (Å²) in [6.45, 7) is 1.60. The Bertz CT molecular complexity index is 395. The SMILES string of the molecule is COC1CN(C)CCC(O)(c2ccc(F)cc2)C1. The zero-order valence-corrected chi connectivity index (χ0v) is 10.9. The lowest BCUT2D eigenvalue weighted by Gasteiger charge is -2.29. The molecular weight excluding hydrogens is 233 g/mol. The molecule has 0 radical (unpaired) electrons. The highest BCUT2D eigenvalue weighted by Crippen LogP contribution is 2.33. The molecule has 3 nitrogen and oxygen atoms in total. The summed E-state index contributed by atoms with van der Waals surface area (Å²) in [6.07, 6.45) is 1.17. The number of benzene rings is 1. The monoisotopic (exact) mass is 253 g/mol. The molecule has 1 heterocycles. The summed E-state index contributed by atoms with van der Waals surface area (Å²) in [5.41, 5.74) is -0.166. The van der Waals surface area contributed by atoms with E-state index in [-0.39, 0.29) is 11.9 Å². The minimum atomic E-state index is -0.931. The van der Waals surface area contributed by atoms with Gasteiger partial charge in [-0.2, -0.15) is 0 Å². The number of aliphatic hydroxyl groups is 1. The van der Waals surface area contributed by atoms with Crippen LogP contribution < -0.4 is 0 Å². The molecule has 1 N–H and O–H groups in total. The third kappa shape index (κ3) is 2.88. The fraction of sp³-hybridized carbons (Fsp3) is 0.571. The number of hydrogen-bond acceptors (Lipinski definition) is 3.